The molecular formula is C14H19FN2O6S2. The van der Waals surface area contributed by atoms with E-state index in [1.165, 1.54) is 13.8 Å². The van der Waals surface area contributed by atoms with Gasteiger partial charge in [0.2, 0.25) is 20.0 Å². The van der Waals surface area contributed by atoms with Crippen molar-refractivity contribution in [2.24, 2.45) is 0 Å². The van der Waals surface area contributed by atoms with Crippen LogP contribution in [-0.2, 0) is 24.8 Å². The molecule has 0 bridgehead atoms. The smallest absolute Gasteiger partial charge is 0.322 e. The number of aliphatic carboxylic acids is 1. The summed E-state index contributed by atoms with van der Waals surface area (Å²) in [5, 5.41) is 8.32. The maximum Gasteiger partial charge on any atom is 0.322 e. The Labute approximate surface area is 145 Å². The minimum absolute atomic E-state index is 0.0304. The van der Waals surface area contributed by atoms with Gasteiger partial charge in [-0.15, -0.1) is 0 Å². The van der Waals surface area contributed by atoms with Crippen LogP contribution in [0.3, 0.4) is 0 Å². The van der Waals surface area contributed by atoms with E-state index in [2.05, 4.69) is 4.72 Å². The first-order valence-corrected chi connectivity index (χ1v) is 10.5. The molecule has 1 heterocycles. The number of anilines is 1. The molecule has 0 radical (unpaired) electrons. The second-order valence-corrected chi connectivity index (χ2v) is 10.1. The van der Waals surface area contributed by atoms with Crippen molar-refractivity contribution in [2.75, 3.05) is 11.3 Å². The fourth-order valence-corrected chi connectivity index (χ4v) is 4.79. The fraction of sp³-hybridized carbons (Fsp3) is 0.500. The van der Waals surface area contributed by atoms with Crippen LogP contribution in [0.25, 0.3) is 0 Å². The number of halogens is 1. The van der Waals surface area contributed by atoms with Gasteiger partial charge in [-0.1, -0.05) is 0 Å². The molecule has 8 nitrogen and oxygen atoms in total. The molecule has 0 spiro atoms. The number of rotatable bonds is 6. The largest absolute Gasteiger partial charge is 0.480 e. The number of carboxylic acids is 1. The highest BCUT2D eigenvalue weighted by Crippen LogP contribution is 2.28. The van der Waals surface area contributed by atoms with Crippen molar-refractivity contribution in [3.05, 3.63) is 24.0 Å². The van der Waals surface area contributed by atoms with E-state index >= 15 is 0 Å². The topological polar surface area (TPSA) is 121 Å². The molecule has 1 atom stereocenters. The summed E-state index contributed by atoms with van der Waals surface area (Å²) in [7, 11) is -7.98. The summed E-state index contributed by atoms with van der Waals surface area (Å²) in [6, 6.07) is 1.55. The Morgan fingerprint density at radius 1 is 1.32 bits per heavy atom. The molecule has 1 aromatic carbocycles. The molecule has 1 saturated heterocycles. The SMILES string of the molecule is CC(C)S(=O)(=O)Nc1ccc(S(=O)(=O)N2CCCC2C(=O)O)cc1F. The minimum Gasteiger partial charge on any atom is -0.480 e. The zero-order valence-corrected chi connectivity index (χ0v) is 15.3. The van der Waals surface area contributed by atoms with Crippen molar-refractivity contribution in [2.45, 2.75) is 42.9 Å². The summed E-state index contributed by atoms with van der Waals surface area (Å²) in [4.78, 5) is 10.7. The van der Waals surface area contributed by atoms with Crippen LogP contribution in [0.5, 0.6) is 0 Å². The third-order valence-corrected chi connectivity index (χ3v) is 7.56. The first-order valence-electron chi connectivity index (χ1n) is 7.52. The highest BCUT2D eigenvalue weighted by Gasteiger charge is 2.39. The maximum absolute atomic E-state index is 14.2. The molecule has 25 heavy (non-hydrogen) atoms. The van der Waals surface area contributed by atoms with E-state index in [4.69, 9.17) is 5.11 Å². The number of benzene rings is 1. The number of nitrogens with zero attached hydrogens (tertiary/aromatic N) is 1. The van der Waals surface area contributed by atoms with Crippen LogP contribution in [0, 0.1) is 5.82 Å². The van der Waals surface area contributed by atoms with Gasteiger partial charge in [0, 0.05) is 6.54 Å². The van der Waals surface area contributed by atoms with E-state index in [1.54, 1.807) is 0 Å². The van der Waals surface area contributed by atoms with Gasteiger partial charge in [-0.05, 0) is 44.9 Å². The molecule has 1 unspecified atom stereocenters. The summed E-state index contributed by atoms with van der Waals surface area (Å²) in [6.07, 6.45) is 0.578. The van der Waals surface area contributed by atoms with E-state index in [9.17, 15) is 26.0 Å². The maximum atomic E-state index is 14.2. The normalized spacial score (nSPS) is 19.3. The molecule has 1 fully saturated rings. The average molecular weight is 394 g/mol. The summed E-state index contributed by atoms with van der Waals surface area (Å²) in [6.45, 7) is 2.86. The van der Waals surface area contributed by atoms with Gasteiger partial charge in [0.05, 0.1) is 15.8 Å². The van der Waals surface area contributed by atoms with Crippen LogP contribution in [0.2, 0.25) is 0 Å². The molecule has 1 aromatic rings. The lowest BCUT2D eigenvalue weighted by Crippen LogP contribution is -2.40. The second kappa shape index (κ2) is 6.89. The van der Waals surface area contributed by atoms with Crippen LogP contribution in [0.1, 0.15) is 26.7 Å². The van der Waals surface area contributed by atoms with Gasteiger partial charge in [0.25, 0.3) is 0 Å². The molecule has 2 rings (SSSR count). The monoisotopic (exact) mass is 394 g/mol. The van der Waals surface area contributed by atoms with E-state index in [0.717, 1.165) is 16.4 Å². The molecule has 11 heteroatoms. The predicted molar refractivity (Wildman–Crippen MR) is 88.6 cm³/mol. The quantitative estimate of drug-likeness (QED) is 0.748. The Balaban J connectivity index is 2.35. The molecule has 1 aliphatic heterocycles. The second-order valence-electron chi connectivity index (χ2n) is 5.95. The van der Waals surface area contributed by atoms with Crippen LogP contribution >= 0.6 is 0 Å². The van der Waals surface area contributed by atoms with Crippen LogP contribution in [-0.4, -0.2) is 50.1 Å². The van der Waals surface area contributed by atoms with E-state index in [0.29, 0.717) is 12.5 Å². The molecule has 0 aliphatic carbocycles. The first kappa shape index (κ1) is 19.6. The number of sulfonamides is 2. The summed E-state index contributed by atoms with van der Waals surface area (Å²) >= 11 is 0. The Morgan fingerprint density at radius 2 is 1.96 bits per heavy atom. The van der Waals surface area contributed by atoms with Crippen molar-refractivity contribution in [3.63, 3.8) is 0 Å². The summed E-state index contributed by atoms with van der Waals surface area (Å²) < 4.78 is 65.8. The van der Waals surface area contributed by atoms with Gasteiger partial charge in [-0.3, -0.25) is 9.52 Å². The third kappa shape index (κ3) is 3.93. The average Bonchev–Trinajstić information content (AvgIpc) is 2.99. The number of carboxylic acid groups (broad SMARTS) is 1. The molecule has 1 aliphatic rings. The number of carbonyl (C=O) groups is 1. The minimum atomic E-state index is -4.20. The zero-order chi connectivity index (χ0) is 19.0. The van der Waals surface area contributed by atoms with Crippen molar-refractivity contribution < 1.29 is 31.1 Å². The lowest BCUT2D eigenvalue weighted by Gasteiger charge is -2.21. The van der Waals surface area contributed by atoms with E-state index in [1.807, 2.05) is 0 Å². The lowest BCUT2D eigenvalue weighted by molar-refractivity contribution is -0.140. The molecule has 0 aromatic heterocycles. The lowest BCUT2D eigenvalue weighted by atomic mass is 10.2. The Hall–Kier alpha value is -1.72. The highest BCUT2D eigenvalue weighted by molar-refractivity contribution is 7.93. The van der Waals surface area contributed by atoms with Gasteiger partial charge in [0.15, 0.2) is 0 Å². The number of hydrogen-bond donors (Lipinski definition) is 2. The first-order chi connectivity index (χ1) is 11.5. The van der Waals surface area contributed by atoms with Crippen molar-refractivity contribution in [3.8, 4) is 0 Å². The predicted octanol–water partition coefficient (Wildman–Crippen LogP) is 1.21. The summed E-state index contributed by atoms with van der Waals surface area (Å²) in [5.41, 5.74) is -0.371. The van der Waals surface area contributed by atoms with E-state index < -0.39 is 48.0 Å². The van der Waals surface area contributed by atoms with Crippen LogP contribution < -0.4 is 4.72 Å². The Morgan fingerprint density at radius 3 is 2.48 bits per heavy atom. The molecule has 0 amide bonds. The van der Waals surface area contributed by atoms with Gasteiger partial charge in [-0.2, -0.15) is 4.31 Å². The van der Waals surface area contributed by atoms with Crippen molar-refractivity contribution in [1.29, 1.82) is 0 Å². The molecule has 0 saturated carbocycles. The molecule has 140 valence electrons. The van der Waals surface area contributed by atoms with Crippen LogP contribution in [0.15, 0.2) is 23.1 Å². The fourth-order valence-electron chi connectivity index (χ4n) is 2.42. The summed E-state index contributed by atoms with van der Waals surface area (Å²) in [5.74, 6) is -2.32. The molecular weight excluding hydrogens is 375 g/mol. The van der Waals surface area contributed by atoms with Crippen LogP contribution in [0.4, 0.5) is 10.1 Å². The van der Waals surface area contributed by atoms with Gasteiger partial charge in [0.1, 0.15) is 11.9 Å². The highest BCUT2D eigenvalue weighted by atomic mass is 32.2. The number of nitrogens with one attached hydrogen (secondary N) is 1. The molecule has 2 N–H and O–H groups in total. The van der Waals surface area contributed by atoms with Gasteiger partial charge < -0.3 is 5.11 Å². The Kier molecular flexibility index (Phi) is 5.40. The van der Waals surface area contributed by atoms with Crippen molar-refractivity contribution >= 4 is 31.7 Å². The van der Waals surface area contributed by atoms with Gasteiger partial charge >= 0.3 is 5.97 Å². The van der Waals surface area contributed by atoms with E-state index in [-0.39, 0.29) is 18.7 Å². The Bertz CT molecular complexity index is 883. The third-order valence-electron chi connectivity index (χ3n) is 3.91. The standard InChI is InChI=1S/C14H19FN2O6S2/c1-9(2)24(20,21)16-12-6-5-10(8-11(12)15)25(22,23)17-7-3-4-13(17)14(18)19/h5-6,8-9,13,16H,3-4,7H2,1-2H3,(H,18,19). The number of hydrogen-bond acceptors (Lipinski definition) is 5. The zero-order valence-electron chi connectivity index (χ0n) is 13.6. The van der Waals surface area contributed by atoms with Gasteiger partial charge in [-0.25, -0.2) is 21.2 Å². The van der Waals surface area contributed by atoms with Crippen molar-refractivity contribution in [1.82, 2.24) is 4.31 Å².